The number of hydrogen-bond acceptors (Lipinski definition) is 8. The highest BCUT2D eigenvalue weighted by Crippen LogP contribution is 2.41. The minimum atomic E-state index is -1.46. The Hall–Kier alpha value is -3.44. The van der Waals surface area contributed by atoms with E-state index in [9.17, 15) is 30.6 Å². The molecule has 8 atom stereocenters. The predicted octanol–water partition coefficient (Wildman–Crippen LogP) is 7.51. The summed E-state index contributed by atoms with van der Waals surface area (Å²) in [5.74, 6) is 0. The van der Waals surface area contributed by atoms with E-state index in [-0.39, 0.29) is 5.41 Å². The lowest BCUT2D eigenvalue weighted by Crippen LogP contribution is -2.58. The van der Waals surface area contributed by atoms with Gasteiger partial charge in [-0.1, -0.05) is 145 Å². The minimum absolute atomic E-state index is 0.198. The van der Waals surface area contributed by atoms with E-state index in [1.165, 1.54) is 0 Å². The summed E-state index contributed by atoms with van der Waals surface area (Å²) < 4.78 is 11.4. The van der Waals surface area contributed by atoms with Crippen molar-refractivity contribution in [2.24, 2.45) is 5.41 Å². The van der Waals surface area contributed by atoms with Crippen LogP contribution in [0.4, 0.5) is 0 Å². The van der Waals surface area contributed by atoms with Crippen molar-refractivity contribution in [3.05, 3.63) is 142 Å². The maximum absolute atomic E-state index is 10.7. The highest BCUT2D eigenvalue weighted by atomic mass is 16.7. The maximum Gasteiger partial charge on any atom is 0.187 e. The zero-order chi connectivity index (χ0) is 40.8. The average Bonchev–Trinajstić information content (AvgIpc) is 3.07. The van der Waals surface area contributed by atoms with E-state index in [0.29, 0.717) is 6.42 Å². The van der Waals surface area contributed by atoms with Gasteiger partial charge in [0.05, 0.1) is 17.8 Å². The van der Waals surface area contributed by atoms with Gasteiger partial charge in [0.15, 0.2) is 6.29 Å². The molecule has 1 heterocycles. The molecule has 0 spiro atoms. The fourth-order valence-corrected chi connectivity index (χ4v) is 6.00. The number of ether oxygens (including phenoxy) is 2. The summed E-state index contributed by atoms with van der Waals surface area (Å²) in [5.41, 5.74) is 5.69. The maximum atomic E-state index is 10.7. The molecule has 0 aromatic heterocycles. The normalized spacial score (nSPS) is 29.4. The van der Waals surface area contributed by atoms with Crippen LogP contribution in [0.1, 0.15) is 82.6 Å². The number of hydrogen-bond donors (Lipinski definition) is 6. The van der Waals surface area contributed by atoms with Crippen LogP contribution in [-0.2, 0) is 9.47 Å². The summed E-state index contributed by atoms with van der Waals surface area (Å²) in [7, 11) is 0. The van der Waals surface area contributed by atoms with Gasteiger partial charge >= 0.3 is 0 Å². The Morgan fingerprint density at radius 2 is 1.15 bits per heavy atom. The lowest BCUT2D eigenvalue weighted by Gasteiger charge is -2.41. The number of rotatable bonds is 15. The van der Waals surface area contributed by atoms with E-state index in [1.54, 1.807) is 32.9 Å². The summed E-state index contributed by atoms with van der Waals surface area (Å²) in [4.78, 5) is 0. The van der Waals surface area contributed by atoms with E-state index in [2.05, 4.69) is 51.2 Å². The molecule has 6 N–H and O–H groups in total. The molecule has 0 aromatic rings. The first kappa shape index (κ1) is 46.7. The first-order valence-corrected chi connectivity index (χ1v) is 18.7. The van der Waals surface area contributed by atoms with Crippen LogP contribution in [0.15, 0.2) is 142 Å². The lowest BCUT2D eigenvalue weighted by molar-refractivity contribution is -0.309. The SMILES string of the molecule is CC1=C(/C=C/C(C)=C/C=C/C(C)=C/C=C/C=C(C)/C=C/C=C(C)/C=C/C=C(C)/C=C/[C@H](O[C@H]2O[C@@H](C)[C@H](O)[C@@H](O)[C@H]2O)C(C)(C)O)C(C)(C)C[C@H](O)[C@H]1O. The first-order chi connectivity index (χ1) is 25.1. The number of aliphatic hydroxyl groups excluding tert-OH is 5. The Bertz CT molecular complexity index is 1610. The van der Waals surface area contributed by atoms with Crippen LogP contribution < -0.4 is 0 Å². The largest absolute Gasteiger partial charge is 0.390 e. The molecule has 8 heteroatoms. The van der Waals surface area contributed by atoms with Crippen LogP contribution in [0.25, 0.3) is 0 Å². The summed E-state index contributed by atoms with van der Waals surface area (Å²) in [6.07, 6.45) is 25.9. The quantitative estimate of drug-likeness (QED) is 0.0948. The monoisotopic (exact) mass is 746 g/mol. The Labute approximate surface area is 324 Å². The summed E-state index contributed by atoms with van der Waals surface area (Å²) in [5, 5.41) is 61.5. The topological polar surface area (TPSA) is 140 Å². The van der Waals surface area contributed by atoms with Crippen LogP contribution in [0.5, 0.6) is 0 Å². The van der Waals surface area contributed by atoms with Gasteiger partial charge < -0.3 is 40.1 Å². The molecule has 2 aliphatic rings. The molecule has 1 aliphatic carbocycles. The zero-order valence-electron chi connectivity index (χ0n) is 34.1. The van der Waals surface area contributed by atoms with Crippen molar-refractivity contribution in [2.45, 2.75) is 137 Å². The van der Waals surface area contributed by atoms with E-state index < -0.39 is 54.6 Å². The third-order valence-electron chi connectivity index (χ3n) is 9.50. The molecule has 0 radical (unpaired) electrons. The van der Waals surface area contributed by atoms with Crippen LogP contribution in [0.3, 0.4) is 0 Å². The van der Waals surface area contributed by atoms with E-state index in [4.69, 9.17) is 9.47 Å². The average molecular weight is 747 g/mol. The predicted molar refractivity (Wildman–Crippen MR) is 220 cm³/mol. The molecule has 1 saturated heterocycles. The molecule has 0 unspecified atom stereocenters. The van der Waals surface area contributed by atoms with Crippen molar-refractivity contribution in [1.29, 1.82) is 0 Å². The molecule has 0 bridgehead atoms. The van der Waals surface area contributed by atoms with Crippen molar-refractivity contribution in [3.63, 3.8) is 0 Å². The van der Waals surface area contributed by atoms with Crippen molar-refractivity contribution in [3.8, 4) is 0 Å². The van der Waals surface area contributed by atoms with E-state index in [1.807, 2.05) is 95.4 Å². The Balaban J connectivity index is 1.91. The fourth-order valence-electron chi connectivity index (χ4n) is 6.00. The van der Waals surface area contributed by atoms with Crippen molar-refractivity contribution >= 4 is 0 Å². The van der Waals surface area contributed by atoms with Crippen LogP contribution in [0.2, 0.25) is 0 Å². The molecule has 1 fully saturated rings. The van der Waals surface area contributed by atoms with Crippen molar-refractivity contribution < 1.29 is 40.1 Å². The van der Waals surface area contributed by atoms with Crippen molar-refractivity contribution in [2.75, 3.05) is 0 Å². The molecule has 8 nitrogen and oxygen atoms in total. The minimum Gasteiger partial charge on any atom is -0.390 e. The van der Waals surface area contributed by atoms with Crippen LogP contribution in [-0.4, -0.2) is 85.3 Å². The lowest BCUT2D eigenvalue weighted by atomic mass is 9.70. The van der Waals surface area contributed by atoms with Gasteiger partial charge in [0.1, 0.15) is 30.5 Å². The second kappa shape index (κ2) is 21.6. The number of aliphatic hydroxyl groups is 6. The second-order valence-electron chi connectivity index (χ2n) is 15.8. The molecule has 0 amide bonds. The van der Waals surface area contributed by atoms with Crippen LogP contribution >= 0.6 is 0 Å². The third kappa shape index (κ3) is 15.4. The van der Waals surface area contributed by atoms with Crippen molar-refractivity contribution in [1.82, 2.24) is 0 Å². The van der Waals surface area contributed by atoms with Gasteiger partial charge in [0.25, 0.3) is 0 Å². The zero-order valence-corrected chi connectivity index (χ0v) is 34.1. The fraction of sp³-hybridized carbons (Fsp3) is 0.478. The summed E-state index contributed by atoms with van der Waals surface area (Å²) in [6.45, 7) is 20.9. The summed E-state index contributed by atoms with van der Waals surface area (Å²) in [6, 6.07) is 0. The van der Waals surface area contributed by atoms with Gasteiger partial charge in [-0.25, -0.2) is 0 Å². The Morgan fingerprint density at radius 3 is 1.63 bits per heavy atom. The molecule has 54 heavy (non-hydrogen) atoms. The van der Waals surface area contributed by atoms with Crippen LogP contribution in [0, 0.1) is 5.41 Å². The second-order valence-corrected chi connectivity index (χ2v) is 15.8. The van der Waals surface area contributed by atoms with Gasteiger partial charge in [-0.05, 0) is 85.3 Å². The van der Waals surface area contributed by atoms with Gasteiger partial charge in [0, 0.05) is 0 Å². The standard InChI is InChI=1S/C46H66O8/c1-30(17-12-13-18-31(2)20-15-23-33(4)25-27-37-35(6)40(48)38(47)29-45(37,8)9)19-14-21-32(3)22-16-24-34(5)26-28-39(46(10,11)52)54-44-43(51)42(50)41(49)36(7)53-44/h12-28,36,38-44,47-52H,29H2,1-11H3/b13-12+,19-14+,20-15+,22-16+,27-25+,28-26+,30-17+,31-18+,32-21+,33-23+,34-24+/t36-,38-,39-,40-,41-,42+,43+,44+/m0/s1. The van der Waals surface area contributed by atoms with Gasteiger partial charge in [-0.15, -0.1) is 0 Å². The Morgan fingerprint density at radius 1 is 0.704 bits per heavy atom. The molecule has 0 saturated carbocycles. The molecule has 1 aliphatic heterocycles. The Kier molecular flexibility index (Phi) is 18.7. The number of allylic oxidation sites excluding steroid dienone is 22. The molecular formula is C46H66O8. The molecule has 298 valence electrons. The third-order valence-corrected chi connectivity index (χ3v) is 9.50. The first-order valence-electron chi connectivity index (χ1n) is 18.7. The van der Waals surface area contributed by atoms with E-state index in [0.717, 1.165) is 39.0 Å². The van der Waals surface area contributed by atoms with Gasteiger partial charge in [-0.3, -0.25) is 0 Å². The van der Waals surface area contributed by atoms with Gasteiger partial charge in [0.2, 0.25) is 0 Å². The summed E-state index contributed by atoms with van der Waals surface area (Å²) >= 11 is 0. The molecular weight excluding hydrogens is 680 g/mol. The smallest absolute Gasteiger partial charge is 0.187 e. The molecule has 2 rings (SSSR count). The van der Waals surface area contributed by atoms with Gasteiger partial charge in [-0.2, -0.15) is 0 Å². The highest BCUT2D eigenvalue weighted by Gasteiger charge is 2.44. The highest BCUT2D eigenvalue weighted by molar-refractivity contribution is 5.39. The van der Waals surface area contributed by atoms with E-state index >= 15 is 0 Å². The molecule has 0 aromatic carbocycles.